The van der Waals surface area contributed by atoms with Gasteiger partial charge in [-0.3, -0.25) is 10.9 Å². The van der Waals surface area contributed by atoms with Crippen molar-refractivity contribution in [1.82, 2.24) is 21.2 Å². The highest BCUT2D eigenvalue weighted by atomic mass is 35.5. The number of urea groups is 1. The lowest BCUT2D eigenvalue weighted by Crippen LogP contribution is -2.50. The van der Waals surface area contributed by atoms with Crippen molar-refractivity contribution in [3.8, 4) is 0 Å². The van der Waals surface area contributed by atoms with Gasteiger partial charge in [-0.05, 0) is 30.5 Å². The fourth-order valence-electron chi connectivity index (χ4n) is 2.61. The highest BCUT2D eigenvalue weighted by molar-refractivity contribution is 6.30. The van der Waals surface area contributed by atoms with Gasteiger partial charge in [0, 0.05) is 31.2 Å². The summed E-state index contributed by atoms with van der Waals surface area (Å²) in [5.74, 6) is 4.94. The Morgan fingerprint density at radius 2 is 2.14 bits per heavy atom. The third kappa shape index (κ3) is 4.56. The van der Waals surface area contributed by atoms with Crippen LogP contribution in [0.3, 0.4) is 0 Å². The minimum absolute atomic E-state index is 0.478. The number of nitrogens with one attached hydrogen (secondary N) is 3. The number of hydrogen-bond donors (Lipinski definition) is 5. The Labute approximate surface area is 134 Å². The number of halogens is 1. The van der Waals surface area contributed by atoms with Gasteiger partial charge in [0.25, 0.3) is 0 Å². The Morgan fingerprint density at radius 3 is 2.77 bits per heavy atom. The molecule has 1 aliphatic rings. The minimum atomic E-state index is -0.813. The number of piperidine rings is 1. The molecule has 7 nitrogen and oxygen atoms in total. The van der Waals surface area contributed by atoms with Crippen LogP contribution >= 0.6 is 11.6 Å². The predicted molar refractivity (Wildman–Crippen MR) is 84.9 cm³/mol. The first-order valence-corrected chi connectivity index (χ1v) is 7.61. The first-order valence-electron chi connectivity index (χ1n) is 7.24. The number of likely N-dealkylation sites (tertiary alicyclic amines) is 1. The molecule has 0 spiro atoms. The zero-order chi connectivity index (χ0) is 16.0. The average Bonchev–Trinajstić information content (AvgIpc) is 2.53. The lowest BCUT2D eigenvalue weighted by molar-refractivity contribution is -0.0256. The molecule has 0 unspecified atom stereocenters. The van der Waals surface area contributed by atoms with Gasteiger partial charge in [0.05, 0.1) is 5.60 Å². The number of carbonyl (C=O) groups is 1. The maximum atomic E-state index is 10.9. The van der Waals surface area contributed by atoms with Gasteiger partial charge in [0.15, 0.2) is 0 Å². The zero-order valence-corrected chi connectivity index (χ0v) is 13.1. The van der Waals surface area contributed by atoms with Crippen LogP contribution in [0.1, 0.15) is 18.4 Å². The van der Waals surface area contributed by atoms with E-state index in [4.69, 9.17) is 17.4 Å². The molecule has 0 radical (unpaired) electrons. The lowest BCUT2D eigenvalue weighted by Gasteiger charge is -2.38. The van der Waals surface area contributed by atoms with Crippen LogP contribution in [0, 0.1) is 0 Å². The van der Waals surface area contributed by atoms with Crippen LogP contribution in [0.2, 0.25) is 5.02 Å². The van der Waals surface area contributed by atoms with Crippen LogP contribution in [0.25, 0.3) is 0 Å². The van der Waals surface area contributed by atoms with E-state index >= 15 is 0 Å². The first-order chi connectivity index (χ1) is 10.5. The highest BCUT2D eigenvalue weighted by Gasteiger charge is 2.33. The number of benzene rings is 1. The minimum Gasteiger partial charge on any atom is -0.385 e. The van der Waals surface area contributed by atoms with Crippen molar-refractivity contribution >= 4 is 17.6 Å². The van der Waals surface area contributed by atoms with E-state index in [0.29, 0.717) is 24.4 Å². The third-order valence-electron chi connectivity index (χ3n) is 3.93. The summed E-state index contributed by atoms with van der Waals surface area (Å²) in [5.41, 5.74) is 7.21. The predicted octanol–water partition coefficient (Wildman–Crippen LogP) is 0.301. The van der Waals surface area contributed by atoms with Crippen LogP contribution in [0.4, 0.5) is 4.79 Å². The van der Waals surface area contributed by atoms with Crippen molar-refractivity contribution in [2.24, 2.45) is 5.84 Å². The molecule has 1 aliphatic heterocycles. The normalized spacial score (nSPS) is 18.0. The molecule has 0 saturated carbocycles. The van der Waals surface area contributed by atoms with Gasteiger partial charge in [-0.15, -0.1) is 0 Å². The van der Waals surface area contributed by atoms with Gasteiger partial charge < -0.3 is 10.0 Å². The van der Waals surface area contributed by atoms with E-state index in [-0.39, 0.29) is 0 Å². The van der Waals surface area contributed by atoms with Crippen LogP contribution in [0.5, 0.6) is 0 Å². The molecule has 0 atom stereocenters. The molecule has 1 fully saturated rings. The van der Waals surface area contributed by atoms with Crippen LogP contribution < -0.4 is 22.1 Å². The Morgan fingerprint density at radius 1 is 1.41 bits per heavy atom. The second kappa shape index (κ2) is 7.75. The van der Waals surface area contributed by atoms with Gasteiger partial charge in [-0.2, -0.15) is 0 Å². The van der Waals surface area contributed by atoms with E-state index < -0.39 is 11.6 Å². The number of amides is 2. The molecule has 1 heterocycles. The Kier molecular flexibility index (Phi) is 5.98. The average molecular weight is 328 g/mol. The number of carbonyl (C=O) groups excluding carboxylic acids is 1. The van der Waals surface area contributed by atoms with E-state index in [1.54, 1.807) is 6.07 Å². The molecule has 22 heavy (non-hydrogen) atoms. The fourth-order valence-corrected chi connectivity index (χ4v) is 2.80. The van der Waals surface area contributed by atoms with Crippen molar-refractivity contribution in [3.63, 3.8) is 0 Å². The second-order valence-electron chi connectivity index (χ2n) is 5.41. The molecule has 8 heteroatoms. The van der Waals surface area contributed by atoms with Gasteiger partial charge in [0.1, 0.15) is 0 Å². The molecule has 1 saturated heterocycles. The van der Waals surface area contributed by atoms with Gasteiger partial charge in [-0.1, -0.05) is 23.7 Å². The van der Waals surface area contributed by atoms with E-state index in [9.17, 15) is 9.90 Å². The summed E-state index contributed by atoms with van der Waals surface area (Å²) in [5, 5.41) is 11.4. The van der Waals surface area contributed by atoms with E-state index in [1.165, 1.54) is 0 Å². The van der Waals surface area contributed by atoms with E-state index in [0.717, 1.165) is 25.2 Å². The summed E-state index contributed by atoms with van der Waals surface area (Å²) in [7, 11) is 0. The molecule has 6 N–H and O–H groups in total. The van der Waals surface area contributed by atoms with Crippen LogP contribution in [-0.4, -0.2) is 42.2 Å². The Bertz CT molecular complexity index is 506. The number of hydrazine groups is 2. The molecular weight excluding hydrogens is 306 g/mol. The number of rotatable bonds is 5. The standard InChI is InChI=1S/C14H22ClN5O2/c15-12-3-1-2-11(10-12)14(22)4-7-20(8-5-14)9-6-17-19-13(21)18-16/h1-3,10,17,22H,4-9,16H2,(H2,18,19,21). The third-order valence-corrected chi connectivity index (χ3v) is 4.17. The fraction of sp³-hybridized carbons (Fsp3) is 0.500. The summed E-state index contributed by atoms with van der Waals surface area (Å²) in [4.78, 5) is 13.1. The monoisotopic (exact) mass is 327 g/mol. The Balaban J connectivity index is 1.76. The van der Waals surface area contributed by atoms with Gasteiger partial charge in [-0.25, -0.2) is 16.1 Å². The second-order valence-corrected chi connectivity index (χ2v) is 5.85. The van der Waals surface area contributed by atoms with Crippen LogP contribution in [0.15, 0.2) is 24.3 Å². The van der Waals surface area contributed by atoms with Crippen molar-refractivity contribution < 1.29 is 9.90 Å². The van der Waals surface area contributed by atoms with Crippen molar-refractivity contribution in [2.45, 2.75) is 18.4 Å². The quantitative estimate of drug-likeness (QED) is 0.232. The summed E-state index contributed by atoms with van der Waals surface area (Å²) in [6.07, 6.45) is 1.31. The van der Waals surface area contributed by atoms with Gasteiger partial charge >= 0.3 is 6.03 Å². The first kappa shape index (κ1) is 17.0. The molecule has 1 aromatic carbocycles. The lowest BCUT2D eigenvalue weighted by atomic mass is 9.84. The van der Waals surface area contributed by atoms with E-state index in [1.807, 2.05) is 23.6 Å². The molecule has 0 bridgehead atoms. The summed E-state index contributed by atoms with van der Waals surface area (Å²) in [6.45, 7) is 2.95. The topological polar surface area (TPSA) is 103 Å². The maximum absolute atomic E-state index is 10.9. The molecule has 122 valence electrons. The summed E-state index contributed by atoms with van der Waals surface area (Å²) in [6, 6.07) is 6.93. The smallest absolute Gasteiger partial charge is 0.343 e. The molecular formula is C14H22ClN5O2. The number of nitrogens with zero attached hydrogens (tertiary/aromatic N) is 1. The van der Waals surface area contributed by atoms with Crippen molar-refractivity contribution in [1.29, 1.82) is 0 Å². The number of hydrogen-bond acceptors (Lipinski definition) is 5. The molecule has 2 rings (SSSR count). The SMILES string of the molecule is NNC(=O)NNCCN1CCC(O)(c2cccc(Cl)c2)CC1. The molecule has 0 aliphatic carbocycles. The molecule has 0 aromatic heterocycles. The molecule has 1 aromatic rings. The van der Waals surface area contributed by atoms with Gasteiger partial charge in [0.2, 0.25) is 0 Å². The highest BCUT2D eigenvalue weighted by Crippen LogP contribution is 2.33. The summed E-state index contributed by atoms with van der Waals surface area (Å²) < 4.78 is 0. The van der Waals surface area contributed by atoms with Crippen molar-refractivity contribution in [3.05, 3.63) is 34.9 Å². The van der Waals surface area contributed by atoms with Crippen molar-refractivity contribution in [2.75, 3.05) is 26.2 Å². The number of nitrogens with two attached hydrogens (primary N) is 1. The zero-order valence-electron chi connectivity index (χ0n) is 12.3. The Hall–Kier alpha value is -1.38. The summed E-state index contributed by atoms with van der Waals surface area (Å²) >= 11 is 6.00. The molecule has 2 amide bonds. The van der Waals surface area contributed by atoms with E-state index in [2.05, 4.69) is 15.8 Å². The maximum Gasteiger partial charge on any atom is 0.343 e. The largest absolute Gasteiger partial charge is 0.385 e. The van der Waals surface area contributed by atoms with Crippen LogP contribution in [-0.2, 0) is 5.60 Å². The number of aliphatic hydroxyl groups is 1.